The molecule has 1 aliphatic rings. The molecule has 0 fully saturated rings. The van der Waals surface area contributed by atoms with Crippen LogP contribution in [0.25, 0.3) is 21.8 Å². The van der Waals surface area contributed by atoms with Crippen LogP contribution in [0.15, 0.2) is 36.4 Å². The first-order valence-electron chi connectivity index (χ1n) is 10.9. The summed E-state index contributed by atoms with van der Waals surface area (Å²) >= 11 is 0. The van der Waals surface area contributed by atoms with Crippen LogP contribution in [-0.2, 0) is 6.42 Å². The first-order valence-corrected chi connectivity index (χ1v) is 10.9. The third kappa shape index (κ3) is 3.34. The topological polar surface area (TPSA) is 88.4 Å². The maximum atomic E-state index is 13.2. The molecular formula is C25H27N3O4. The van der Waals surface area contributed by atoms with E-state index in [0.717, 1.165) is 47.1 Å². The fourth-order valence-corrected chi connectivity index (χ4v) is 4.72. The number of carbonyl (C=O) groups excluding carboxylic acids is 1. The van der Waals surface area contributed by atoms with Crippen LogP contribution in [0.2, 0.25) is 0 Å². The lowest BCUT2D eigenvalue weighted by atomic mass is 9.91. The number of methoxy groups -OCH3 is 2. The molecule has 0 unspecified atom stereocenters. The second-order valence-electron chi connectivity index (χ2n) is 8.02. The van der Waals surface area contributed by atoms with Crippen LogP contribution >= 0.6 is 0 Å². The van der Waals surface area contributed by atoms with Gasteiger partial charge in [-0.05, 0) is 68.1 Å². The van der Waals surface area contributed by atoms with Gasteiger partial charge in [-0.25, -0.2) is 0 Å². The van der Waals surface area contributed by atoms with Crippen LogP contribution < -0.4 is 19.5 Å². The van der Waals surface area contributed by atoms with Gasteiger partial charge in [0.05, 0.1) is 32.4 Å². The number of benzene rings is 2. The zero-order chi connectivity index (χ0) is 22.2. The zero-order valence-corrected chi connectivity index (χ0v) is 18.5. The van der Waals surface area contributed by atoms with Crippen molar-refractivity contribution >= 4 is 27.7 Å². The van der Waals surface area contributed by atoms with Crippen molar-refractivity contribution in [1.82, 2.24) is 15.3 Å². The summed E-state index contributed by atoms with van der Waals surface area (Å²) in [6, 6.07) is 11.5. The monoisotopic (exact) mass is 433 g/mol. The molecule has 0 bridgehead atoms. The van der Waals surface area contributed by atoms with E-state index in [2.05, 4.69) is 21.4 Å². The molecule has 0 radical (unpaired) electrons. The Morgan fingerprint density at radius 3 is 2.66 bits per heavy atom. The highest BCUT2D eigenvalue weighted by Crippen LogP contribution is 2.37. The highest BCUT2D eigenvalue weighted by Gasteiger charge is 2.27. The Balaban J connectivity index is 1.46. The van der Waals surface area contributed by atoms with Crippen LogP contribution in [0, 0.1) is 0 Å². The lowest BCUT2D eigenvalue weighted by Crippen LogP contribution is -2.31. The lowest BCUT2D eigenvalue weighted by Gasteiger charge is -2.23. The number of carbonyl (C=O) groups is 1. The summed E-state index contributed by atoms with van der Waals surface area (Å²) in [6.07, 6.45) is 2.88. The highest BCUT2D eigenvalue weighted by molar-refractivity contribution is 6.01. The second kappa shape index (κ2) is 8.15. The molecule has 0 saturated carbocycles. The summed E-state index contributed by atoms with van der Waals surface area (Å²) in [5, 5.41) is 5.20. The van der Waals surface area contributed by atoms with E-state index in [9.17, 15) is 4.79 Å². The summed E-state index contributed by atoms with van der Waals surface area (Å²) < 4.78 is 16.6. The molecule has 5 rings (SSSR count). The molecule has 2 aromatic carbocycles. The smallest absolute Gasteiger partial charge is 0.268 e. The third-order valence-electron chi connectivity index (χ3n) is 6.20. The second-order valence-corrected chi connectivity index (χ2v) is 8.02. The highest BCUT2D eigenvalue weighted by atomic mass is 16.5. The van der Waals surface area contributed by atoms with Gasteiger partial charge < -0.3 is 29.5 Å². The minimum absolute atomic E-state index is 0.0793. The van der Waals surface area contributed by atoms with E-state index < -0.39 is 0 Å². The molecule has 0 spiro atoms. The molecule has 3 N–H and O–H groups in total. The summed E-state index contributed by atoms with van der Waals surface area (Å²) in [5.74, 6) is 2.07. The Morgan fingerprint density at radius 1 is 1.06 bits per heavy atom. The number of H-pyrrole nitrogens is 2. The summed E-state index contributed by atoms with van der Waals surface area (Å²) in [4.78, 5) is 19.9. The van der Waals surface area contributed by atoms with Crippen molar-refractivity contribution in [3.8, 4) is 17.2 Å². The third-order valence-corrected chi connectivity index (χ3v) is 6.20. The van der Waals surface area contributed by atoms with Gasteiger partial charge in [-0.15, -0.1) is 0 Å². The van der Waals surface area contributed by atoms with Gasteiger partial charge in [0.1, 0.15) is 22.9 Å². The molecule has 32 heavy (non-hydrogen) atoms. The van der Waals surface area contributed by atoms with E-state index >= 15 is 0 Å². The zero-order valence-electron chi connectivity index (χ0n) is 18.5. The number of hydrogen-bond acceptors (Lipinski definition) is 4. The first-order chi connectivity index (χ1) is 15.6. The SMILES string of the molecule is CCOc1ccc2[nH]c3c(c2c1)CCC[C@H]3NC(=O)c1cc2c(OC)ccc(OC)c2[nH]1. The van der Waals surface area contributed by atoms with E-state index in [-0.39, 0.29) is 11.9 Å². The fraction of sp³-hybridized carbons (Fsp3) is 0.320. The number of hydrogen-bond donors (Lipinski definition) is 3. The average molecular weight is 434 g/mol. The van der Waals surface area contributed by atoms with Crippen LogP contribution in [0.4, 0.5) is 0 Å². The van der Waals surface area contributed by atoms with E-state index in [1.54, 1.807) is 14.2 Å². The molecule has 0 saturated heterocycles. The largest absolute Gasteiger partial charge is 0.496 e. The number of ether oxygens (including phenoxy) is 3. The average Bonchev–Trinajstić information content (AvgIpc) is 3.41. The molecule has 4 aromatic rings. The van der Waals surface area contributed by atoms with E-state index in [4.69, 9.17) is 14.2 Å². The molecular weight excluding hydrogens is 406 g/mol. The predicted octanol–water partition coefficient (Wildman–Crippen LogP) is 4.87. The van der Waals surface area contributed by atoms with E-state index in [1.165, 1.54) is 10.9 Å². The van der Waals surface area contributed by atoms with Gasteiger partial charge in [0, 0.05) is 22.0 Å². The number of aromatic amines is 2. The van der Waals surface area contributed by atoms with Crippen LogP contribution in [0.5, 0.6) is 17.2 Å². The Labute approximate surface area is 186 Å². The number of fused-ring (bicyclic) bond motifs is 4. The van der Waals surface area contributed by atoms with Gasteiger partial charge in [-0.1, -0.05) is 0 Å². The van der Waals surface area contributed by atoms with Crippen molar-refractivity contribution in [2.75, 3.05) is 20.8 Å². The van der Waals surface area contributed by atoms with E-state index in [1.807, 2.05) is 37.3 Å². The van der Waals surface area contributed by atoms with Crippen molar-refractivity contribution in [3.05, 3.63) is 53.3 Å². The Bertz CT molecular complexity index is 1260. The van der Waals surface area contributed by atoms with Gasteiger partial charge in [-0.2, -0.15) is 0 Å². The van der Waals surface area contributed by atoms with Crippen molar-refractivity contribution in [1.29, 1.82) is 0 Å². The van der Waals surface area contributed by atoms with E-state index in [0.29, 0.717) is 23.8 Å². The summed E-state index contributed by atoms with van der Waals surface area (Å²) in [5.41, 5.74) is 4.64. The molecule has 166 valence electrons. The van der Waals surface area contributed by atoms with Crippen molar-refractivity contribution in [2.45, 2.75) is 32.2 Å². The standard InChI is InChI=1S/C25H27N3O4/c1-4-32-14-8-9-18-16(12-14)15-6-5-7-19(23(15)26-18)28-25(29)20-13-17-21(30-2)10-11-22(31-3)24(17)27-20/h8-13,19,26-27H,4-7H2,1-3H3,(H,28,29)/t19-/m1/s1. The number of nitrogens with one attached hydrogen (secondary N) is 3. The normalized spacial score (nSPS) is 15.5. The molecule has 7 nitrogen and oxygen atoms in total. The molecule has 0 aliphatic heterocycles. The van der Waals surface area contributed by atoms with Crippen molar-refractivity contribution in [2.24, 2.45) is 0 Å². The summed E-state index contributed by atoms with van der Waals surface area (Å²) in [6.45, 7) is 2.62. The Hall–Kier alpha value is -3.61. The number of aryl methyl sites for hydroxylation is 1. The van der Waals surface area contributed by atoms with Crippen molar-refractivity contribution < 1.29 is 19.0 Å². The van der Waals surface area contributed by atoms with Gasteiger partial charge in [0.25, 0.3) is 5.91 Å². The molecule has 2 aromatic heterocycles. The van der Waals surface area contributed by atoms with Crippen LogP contribution in [0.3, 0.4) is 0 Å². The van der Waals surface area contributed by atoms with Crippen molar-refractivity contribution in [3.63, 3.8) is 0 Å². The summed E-state index contributed by atoms with van der Waals surface area (Å²) in [7, 11) is 3.22. The Kier molecular flexibility index (Phi) is 5.17. The molecule has 1 atom stereocenters. The van der Waals surface area contributed by atoms with Gasteiger partial charge in [0.2, 0.25) is 0 Å². The minimum Gasteiger partial charge on any atom is -0.496 e. The van der Waals surface area contributed by atoms with Crippen LogP contribution in [-0.4, -0.2) is 36.7 Å². The molecule has 2 heterocycles. The molecule has 7 heteroatoms. The minimum atomic E-state index is -0.156. The first kappa shape index (κ1) is 20.3. The maximum absolute atomic E-state index is 13.2. The van der Waals surface area contributed by atoms with Crippen LogP contribution in [0.1, 0.15) is 47.6 Å². The number of rotatable bonds is 6. The number of aromatic nitrogens is 2. The maximum Gasteiger partial charge on any atom is 0.268 e. The quantitative estimate of drug-likeness (QED) is 0.405. The Morgan fingerprint density at radius 2 is 1.88 bits per heavy atom. The van der Waals surface area contributed by atoms with Gasteiger partial charge in [-0.3, -0.25) is 4.79 Å². The predicted molar refractivity (Wildman–Crippen MR) is 124 cm³/mol. The molecule has 1 amide bonds. The lowest BCUT2D eigenvalue weighted by molar-refractivity contribution is 0.0927. The molecule has 1 aliphatic carbocycles. The van der Waals surface area contributed by atoms with Gasteiger partial charge in [0.15, 0.2) is 0 Å². The fourth-order valence-electron chi connectivity index (χ4n) is 4.72. The van der Waals surface area contributed by atoms with Gasteiger partial charge >= 0.3 is 0 Å². The number of amides is 1.